The minimum absolute atomic E-state index is 0. The first-order valence-electron chi connectivity index (χ1n) is 8.13. The monoisotopic (exact) mass is 477 g/mol. The van der Waals surface area contributed by atoms with E-state index in [1.54, 1.807) is 0 Å². The van der Waals surface area contributed by atoms with E-state index in [4.69, 9.17) is 0 Å². The van der Waals surface area contributed by atoms with Crippen LogP contribution in [0.2, 0.25) is 13.1 Å². The third-order valence-corrected chi connectivity index (χ3v) is 3.80. The van der Waals surface area contributed by atoms with Crippen LogP contribution in [0.4, 0.5) is 0 Å². The van der Waals surface area contributed by atoms with Gasteiger partial charge in [0.05, 0.1) is 0 Å². The molecule has 0 bridgehead atoms. The van der Waals surface area contributed by atoms with Gasteiger partial charge in [0.25, 0.3) is 0 Å². The van der Waals surface area contributed by atoms with E-state index in [1.807, 2.05) is 0 Å². The maximum atomic E-state index is 2.21. The number of benzene rings is 2. The fraction of sp³-hybridized carbons (Fsp3) is 0.182. The molecule has 0 heterocycles. The second kappa shape index (κ2) is 14.4. The van der Waals surface area contributed by atoms with Gasteiger partial charge in [0.1, 0.15) is 0 Å². The third kappa shape index (κ3) is 7.53. The normalized spacial score (nSPS) is 8.77. The first-order chi connectivity index (χ1) is 11.2. The van der Waals surface area contributed by atoms with E-state index in [0.717, 1.165) is 9.52 Å². The Kier molecular flexibility index (Phi) is 15.3. The van der Waals surface area contributed by atoms with Gasteiger partial charge in [0, 0.05) is 9.52 Å². The maximum absolute atomic E-state index is 2.21. The van der Waals surface area contributed by atoms with E-state index in [9.17, 15) is 0 Å². The van der Waals surface area contributed by atoms with E-state index in [0.29, 0.717) is 0 Å². The van der Waals surface area contributed by atoms with Crippen molar-refractivity contribution in [3.05, 3.63) is 83.9 Å². The van der Waals surface area contributed by atoms with E-state index in [2.05, 4.69) is 99.7 Å². The van der Waals surface area contributed by atoms with Gasteiger partial charge in [-0.05, 0) is 0 Å². The summed E-state index contributed by atoms with van der Waals surface area (Å²) in [4.78, 5) is 0. The van der Waals surface area contributed by atoms with Gasteiger partial charge in [-0.15, -0.1) is 70.1 Å². The van der Waals surface area contributed by atoms with E-state index in [-0.39, 0.29) is 51.0 Å². The van der Waals surface area contributed by atoms with Crippen LogP contribution in [0.5, 0.6) is 0 Å². The summed E-state index contributed by atoms with van der Waals surface area (Å²) in [6, 6.07) is 25.5. The van der Waals surface area contributed by atoms with Crippen molar-refractivity contribution in [1.29, 1.82) is 0 Å². The molecule has 0 saturated carbocycles. The number of hydrogen-bond acceptors (Lipinski definition) is 0. The smallest absolute Gasteiger partial charge is 1.00 e. The predicted molar refractivity (Wildman–Crippen MR) is 107 cm³/mol. The van der Waals surface area contributed by atoms with Crippen LogP contribution < -0.4 is 24.8 Å². The van der Waals surface area contributed by atoms with E-state index < -0.39 is 0 Å². The van der Waals surface area contributed by atoms with Gasteiger partial charge < -0.3 is 24.8 Å². The van der Waals surface area contributed by atoms with Gasteiger partial charge in [-0.1, -0.05) is 39.1 Å². The molecule has 0 aliphatic carbocycles. The summed E-state index contributed by atoms with van der Waals surface area (Å²) < 4.78 is 0. The van der Waals surface area contributed by atoms with Gasteiger partial charge in [-0.2, -0.15) is 23.3 Å². The molecule has 135 valence electrons. The van der Waals surface area contributed by atoms with Crippen molar-refractivity contribution in [3.63, 3.8) is 0 Å². The molecule has 0 aliphatic rings. The Balaban J connectivity index is 0. The summed E-state index contributed by atoms with van der Waals surface area (Å²) in [6.07, 6.45) is 0. The summed E-state index contributed by atoms with van der Waals surface area (Å²) in [6.45, 7) is 8.70. The standard InChI is InChI=1S/2C10H9.C2H7Si.2ClH.Zr/c2*1-8-6-7-9-4-2-3-5-10(8)9;1-3-2;;;/h2*2-7H,1H3;3H,1-2H3;2*1H;/q2*-1;;;;+4/p-2. The number of halogens is 2. The molecule has 0 aromatic heterocycles. The Bertz CT molecular complexity index is 792. The largest absolute Gasteiger partial charge is 4.00 e. The molecule has 0 saturated heterocycles. The van der Waals surface area contributed by atoms with Gasteiger partial charge in [0.15, 0.2) is 0 Å². The number of fused-ring (bicyclic) bond motifs is 2. The Morgan fingerprint density at radius 1 is 0.654 bits per heavy atom. The minimum Gasteiger partial charge on any atom is -1.00 e. The zero-order chi connectivity index (χ0) is 16.7. The molecule has 4 aromatic rings. The summed E-state index contributed by atoms with van der Waals surface area (Å²) >= 11 is 0. The Labute approximate surface area is 191 Å². The maximum Gasteiger partial charge on any atom is 4.00 e. The predicted octanol–water partition coefficient (Wildman–Crippen LogP) is 0.259. The Morgan fingerprint density at radius 2 is 0.962 bits per heavy atom. The molecule has 1 radical (unpaired) electrons. The van der Waals surface area contributed by atoms with Crippen LogP contribution in [-0.2, 0) is 26.2 Å². The van der Waals surface area contributed by atoms with Gasteiger partial charge in [-0.25, -0.2) is 0 Å². The Morgan fingerprint density at radius 3 is 1.27 bits per heavy atom. The molecule has 0 N–H and O–H groups in total. The van der Waals surface area contributed by atoms with Gasteiger partial charge in [-0.3, -0.25) is 0 Å². The molecular formula is C22H25Cl2SiZr. The van der Waals surface area contributed by atoms with Crippen LogP contribution in [0.25, 0.3) is 21.5 Å². The zero-order valence-electron chi connectivity index (χ0n) is 15.8. The molecular weight excluding hydrogens is 454 g/mol. The molecule has 0 aliphatic heterocycles. The van der Waals surface area contributed by atoms with Gasteiger partial charge in [0.2, 0.25) is 0 Å². The summed E-state index contributed by atoms with van der Waals surface area (Å²) in [7, 11) is 0.750. The van der Waals surface area contributed by atoms with Crippen molar-refractivity contribution < 1.29 is 51.0 Å². The van der Waals surface area contributed by atoms with Crippen molar-refractivity contribution in [2.75, 3.05) is 0 Å². The first kappa shape index (κ1) is 27.6. The van der Waals surface area contributed by atoms with Crippen molar-refractivity contribution in [1.82, 2.24) is 0 Å². The van der Waals surface area contributed by atoms with Crippen LogP contribution in [0.1, 0.15) is 11.1 Å². The fourth-order valence-electron chi connectivity index (χ4n) is 2.61. The van der Waals surface area contributed by atoms with Crippen molar-refractivity contribution in [2.24, 2.45) is 0 Å². The minimum atomic E-state index is 0. The molecule has 4 heteroatoms. The molecule has 0 unspecified atom stereocenters. The molecule has 4 aromatic carbocycles. The summed E-state index contributed by atoms with van der Waals surface area (Å²) in [5, 5.41) is 5.45. The molecule has 0 amide bonds. The second-order valence-electron chi connectivity index (χ2n) is 5.78. The van der Waals surface area contributed by atoms with Crippen LogP contribution in [0.15, 0.2) is 72.8 Å². The van der Waals surface area contributed by atoms with Crippen molar-refractivity contribution in [2.45, 2.75) is 26.9 Å². The zero-order valence-corrected chi connectivity index (χ0v) is 20.9. The SMILES string of the molecule is C[SiH]C.Cc1c[cH-]c2ccccc12.Cc1c[cH-]c2ccccc12.[Cl-].[Cl-].[Zr+4]. The number of hydrogen-bond donors (Lipinski definition) is 0. The molecule has 4 rings (SSSR count). The second-order valence-corrected chi connectivity index (χ2v) is 6.94. The van der Waals surface area contributed by atoms with Crippen molar-refractivity contribution >= 4 is 31.1 Å². The van der Waals surface area contributed by atoms with Crippen LogP contribution in [-0.4, -0.2) is 9.52 Å². The molecule has 0 atom stereocenters. The molecule has 26 heavy (non-hydrogen) atoms. The third-order valence-electron chi connectivity index (χ3n) is 3.80. The van der Waals surface area contributed by atoms with E-state index >= 15 is 0 Å². The first-order valence-corrected chi connectivity index (χ1v) is 10.4. The quantitative estimate of drug-likeness (QED) is 0.251. The molecule has 0 spiro atoms. The van der Waals surface area contributed by atoms with Crippen molar-refractivity contribution in [3.8, 4) is 0 Å². The van der Waals surface area contributed by atoms with E-state index in [1.165, 1.54) is 32.7 Å². The average Bonchev–Trinajstić information content (AvgIpc) is 3.14. The summed E-state index contributed by atoms with van der Waals surface area (Å²) in [5.41, 5.74) is 2.74. The number of rotatable bonds is 0. The molecule has 0 fully saturated rings. The topological polar surface area (TPSA) is 0 Å². The summed E-state index contributed by atoms with van der Waals surface area (Å²) in [5.74, 6) is 0. The Hall–Kier alpha value is -0.660. The molecule has 0 nitrogen and oxygen atoms in total. The number of aryl methyl sites for hydroxylation is 2. The van der Waals surface area contributed by atoms with Crippen LogP contribution in [0, 0.1) is 13.8 Å². The van der Waals surface area contributed by atoms with Crippen LogP contribution >= 0.6 is 0 Å². The fourth-order valence-corrected chi connectivity index (χ4v) is 2.61. The van der Waals surface area contributed by atoms with Gasteiger partial charge >= 0.3 is 26.2 Å². The van der Waals surface area contributed by atoms with Crippen LogP contribution in [0.3, 0.4) is 0 Å². The average molecular weight is 480 g/mol.